The maximum absolute atomic E-state index is 11.3. The van der Waals surface area contributed by atoms with Crippen LogP contribution in [0.4, 0.5) is 5.69 Å². The number of guanidine groups is 1. The van der Waals surface area contributed by atoms with Gasteiger partial charge in [-0.2, -0.15) is 0 Å². The fraction of sp³-hybridized carbons (Fsp3) is 0.333. The van der Waals surface area contributed by atoms with Crippen LogP contribution >= 0.6 is 23.2 Å². The number of carboxylic acids is 1. The summed E-state index contributed by atoms with van der Waals surface area (Å²) >= 11 is 12.1. The number of carboxylic acid groups (broad SMARTS) is 1. The molecular formula is C12H13Cl2N3O2. The first-order chi connectivity index (χ1) is 8.75. The second-order valence-corrected chi connectivity index (χ2v) is 5.56. The van der Waals surface area contributed by atoms with Gasteiger partial charge in [0.2, 0.25) is 0 Å². The SMILES string of the molecule is CC(C)(C(=O)O)N1Cc2c(ccc(Cl)c2Cl)N=C1N. The van der Waals surface area contributed by atoms with Gasteiger partial charge in [-0.15, -0.1) is 0 Å². The lowest BCUT2D eigenvalue weighted by Gasteiger charge is -2.38. The molecule has 0 fully saturated rings. The summed E-state index contributed by atoms with van der Waals surface area (Å²) in [5.41, 5.74) is 5.95. The monoisotopic (exact) mass is 301 g/mol. The number of carbonyl (C=O) groups is 1. The first-order valence-electron chi connectivity index (χ1n) is 5.57. The number of halogens is 2. The van der Waals surface area contributed by atoms with Crippen LogP contribution in [0.2, 0.25) is 10.0 Å². The number of aliphatic imine (C=N–C) groups is 1. The van der Waals surface area contributed by atoms with Crippen molar-refractivity contribution in [1.82, 2.24) is 4.90 Å². The molecule has 0 saturated carbocycles. The first-order valence-corrected chi connectivity index (χ1v) is 6.33. The molecular weight excluding hydrogens is 289 g/mol. The molecule has 0 bridgehead atoms. The smallest absolute Gasteiger partial charge is 0.329 e. The third-order valence-electron chi connectivity index (χ3n) is 3.20. The van der Waals surface area contributed by atoms with Crippen molar-refractivity contribution in [2.24, 2.45) is 10.7 Å². The van der Waals surface area contributed by atoms with Gasteiger partial charge in [-0.3, -0.25) is 0 Å². The Hall–Kier alpha value is -1.46. The normalized spacial score (nSPS) is 14.9. The summed E-state index contributed by atoms with van der Waals surface area (Å²) in [6.07, 6.45) is 0. The molecule has 0 atom stereocenters. The van der Waals surface area contributed by atoms with Gasteiger partial charge in [0, 0.05) is 5.56 Å². The second kappa shape index (κ2) is 4.58. The Kier molecular flexibility index (Phi) is 3.36. The lowest BCUT2D eigenvalue weighted by Crippen LogP contribution is -2.55. The summed E-state index contributed by atoms with van der Waals surface area (Å²) in [6.45, 7) is 3.37. The lowest BCUT2D eigenvalue weighted by atomic mass is 10.0. The van der Waals surface area contributed by atoms with E-state index in [1.54, 1.807) is 26.0 Å². The molecule has 0 spiro atoms. The molecule has 0 radical (unpaired) electrons. The van der Waals surface area contributed by atoms with Crippen LogP contribution < -0.4 is 5.73 Å². The van der Waals surface area contributed by atoms with Crippen molar-refractivity contribution in [2.45, 2.75) is 25.9 Å². The molecule has 1 aliphatic heterocycles. The first kappa shape index (κ1) is 14.0. The van der Waals surface area contributed by atoms with Gasteiger partial charge >= 0.3 is 5.97 Å². The van der Waals surface area contributed by atoms with E-state index in [0.717, 1.165) is 0 Å². The zero-order chi connectivity index (χ0) is 14.4. The summed E-state index contributed by atoms with van der Waals surface area (Å²) in [7, 11) is 0. The number of aliphatic carboxylic acids is 1. The lowest BCUT2D eigenvalue weighted by molar-refractivity contribution is -0.147. The summed E-state index contributed by atoms with van der Waals surface area (Å²) < 4.78 is 0. The fourth-order valence-corrected chi connectivity index (χ4v) is 2.26. The molecule has 0 amide bonds. The molecule has 19 heavy (non-hydrogen) atoms. The summed E-state index contributed by atoms with van der Waals surface area (Å²) in [5, 5.41) is 10.1. The van der Waals surface area contributed by atoms with Crippen LogP contribution in [0, 0.1) is 0 Å². The molecule has 7 heteroatoms. The van der Waals surface area contributed by atoms with E-state index in [4.69, 9.17) is 28.9 Å². The zero-order valence-electron chi connectivity index (χ0n) is 10.4. The third-order valence-corrected chi connectivity index (χ3v) is 4.04. The van der Waals surface area contributed by atoms with Crippen LogP contribution in [0.1, 0.15) is 19.4 Å². The number of fused-ring (bicyclic) bond motifs is 1. The molecule has 0 aromatic heterocycles. The van der Waals surface area contributed by atoms with Gasteiger partial charge in [-0.05, 0) is 26.0 Å². The second-order valence-electron chi connectivity index (χ2n) is 4.78. The third kappa shape index (κ3) is 2.24. The summed E-state index contributed by atoms with van der Waals surface area (Å²) in [4.78, 5) is 17.0. The molecule has 1 aliphatic rings. The maximum Gasteiger partial charge on any atom is 0.329 e. The van der Waals surface area contributed by atoms with Crippen LogP contribution in [0.3, 0.4) is 0 Å². The minimum atomic E-state index is -1.18. The predicted molar refractivity (Wildman–Crippen MR) is 75.0 cm³/mol. The molecule has 3 N–H and O–H groups in total. The maximum atomic E-state index is 11.3. The van der Waals surface area contributed by atoms with Crippen molar-refractivity contribution in [1.29, 1.82) is 0 Å². The quantitative estimate of drug-likeness (QED) is 0.880. The van der Waals surface area contributed by atoms with Crippen LogP contribution in [-0.4, -0.2) is 27.5 Å². The minimum absolute atomic E-state index is 0.151. The van der Waals surface area contributed by atoms with Gasteiger partial charge in [-0.1, -0.05) is 23.2 Å². The van der Waals surface area contributed by atoms with Crippen molar-refractivity contribution in [3.63, 3.8) is 0 Å². The van der Waals surface area contributed by atoms with Crippen LogP contribution in [-0.2, 0) is 11.3 Å². The fourth-order valence-electron chi connectivity index (χ4n) is 1.86. The Bertz CT molecular complexity index is 585. The summed E-state index contributed by atoms with van der Waals surface area (Å²) in [5.74, 6) is -0.842. The number of nitrogens with zero attached hydrogens (tertiary/aromatic N) is 2. The highest BCUT2D eigenvalue weighted by atomic mass is 35.5. The van der Waals surface area contributed by atoms with Gasteiger partial charge in [0.15, 0.2) is 5.96 Å². The Morgan fingerprint density at radius 3 is 2.68 bits per heavy atom. The minimum Gasteiger partial charge on any atom is -0.480 e. The van der Waals surface area contributed by atoms with Crippen LogP contribution in [0.25, 0.3) is 0 Å². The predicted octanol–water partition coefficient (Wildman–Crippen LogP) is 2.62. The van der Waals surface area contributed by atoms with E-state index in [1.807, 2.05) is 0 Å². The van der Waals surface area contributed by atoms with Gasteiger partial charge in [0.25, 0.3) is 0 Å². The van der Waals surface area contributed by atoms with Gasteiger partial charge in [0.05, 0.1) is 22.3 Å². The van der Waals surface area contributed by atoms with Crippen LogP contribution in [0.15, 0.2) is 17.1 Å². The molecule has 2 rings (SSSR count). The number of benzene rings is 1. The molecule has 1 aromatic carbocycles. The molecule has 102 valence electrons. The van der Waals surface area contributed by atoms with Gasteiger partial charge < -0.3 is 15.7 Å². The standard InChI is InChI=1S/C12H13Cl2N3O2/c1-12(2,10(18)19)17-5-6-8(16-11(17)15)4-3-7(13)9(6)14/h3-4H,5H2,1-2H3,(H2,15,16)(H,18,19). The zero-order valence-corrected chi connectivity index (χ0v) is 12.0. The Morgan fingerprint density at radius 2 is 2.11 bits per heavy atom. The average Bonchev–Trinajstić information content (AvgIpc) is 2.33. The van der Waals surface area contributed by atoms with E-state index in [9.17, 15) is 9.90 Å². The number of hydrogen-bond donors (Lipinski definition) is 2. The van der Waals surface area contributed by atoms with Crippen molar-refractivity contribution >= 4 is 40.8 Å². The molecule has 0 unspecified atom stereocenters. The van der Waals surface area contributed by atoms with Gasteiger partial charge in [-0.25, -0.2) is 9.79 Å². The highest BCUT2D eigenvalue weighted by Gasteiger charge is 2.38. The summed E-state index contributed by atoms with van der Waals surface area (Å²) in [6, 6.07) is 3.35. The van der Waals surface area contributed by atoms with E-state index in [1.165, 1.54) is 4.90 Å². The van der Waals surface area contributed by atoms with E-state index in [0.29, 0.717) is 21.3 Å². The largest absolute Gasteiger partial charge is 0.480 e. The van der Waals surface area contributed by atoms with E-state index >= 15 is 0 Å². The molecule has 0 saturated heterocycles. The Balaban J connectivity index is 2.51. The van der Waals surface area contributed by atoms with Gasteiger partial charge in [0.1, 0.15) is 5.54 Å². The van der Waals surface area contributed by atoms with Crippen molar-refractivity contribution in [3.05, 3.63) is 27.7 Å². The number of rotatable bonds is 2. The average molecular weight is 302 g/mol. The highest BCUT2D eigenvalue weighted by Crippen LogP contribution is 2.37. The molecule has 5 nitrogen and oxygen atoms in total. The van der Waals surface area contributed by atoms with Crippen molar-refractivity contribution in [3.8, 4) is 0 Å². The molecule has 1 heterocycles. The van der Waals surface area contributed by atoms with Crippen molar-refractivity contribution < 1.29 is 9.90 Å². The van der Waals surface area contributed by atoms with E-state index in [2.05, 4.69) is 4.99 Å². The number of hydrogen-bond acceptors (Lipinski definition) is 4. The topological polar surface area (TPSA) is 78.9 Å². The molecule has 0 aliphatic carbocycles. The molecule has 1 aromatic rings. The Labute approximate surface area is 120 Å². The Morgan fingerprint density at radius 1 is 1.47 bits per heavy atom. The number of nitrogens with two attached hydrogens (primary N) is 1. The van der Waals surface area contributed by atoms with Crippen LogP contribution in [0.5, 0.6) is 0 Å². The van der Waals surface area contributed by atoms with E-state index < -0.39 is 11.5 Å². The van der Waals surface area contributed by atoms with Crippen molar-refractivity contribution in [2.75, 3.05) is 0 Å². The van der Waals surface area contributed by atoms with E-state index in [-0.39, 0.29) is 12.5 Å². The highest BCUT2D eigenvalue weighted by molar-refractivity contribution is 6.42.